The van der Waals surface area contributed by atoms with Crippen molar-refractivity contribution < 1.29 is 18.0 Å². The van der Waals surface area contributed by atoms with Crippen LogP contribution in [0.4, 0.5) is 0 Å². The molecule has 1 heterocycles. The van der Waals surface area contributed by atoms with Crippen molar-refractivity contribution in [2.24, 2.45) is 5.92 Å². The zero-order valence-corrected chi connectivity index (χ0v) is 19.4. The lowest BCUT2D eigenvalue weighted by Gasteiger charge is -2.33. The second-order valence-corrected chi connectivity index (χ2v) is 10.0. The van der Waals surface area contributed by atoms with E-state index in [9.17, 15) is 18.0 Å². The highest BCUT2D eigenvalue weighted by Gasteiger charge is 2.25. The molecule has 0 radical (unpaired) electrons. The van der Waals surface area contributed by atoms with Crippen molar-refractivity contribution >= 4 is 21.8 Å². The van der Waals surface area contributed by atoms with E-state index in [1.807, 2.05) is 32.6 Å². The standard InChI is InChI=1S/C22H35N3O4S/c1-5-25(6-2)30(28,29)20-12-9-18(10-13-20)11-14-21(26)24-15-7-8-19(16-24)23-22(27)17(3)4/h9-10,12-13,17,19H,5-8,11,14-16H2,1-4H3,(H,23,27). The van der Waals surface area contributed by atoms with E-state index < -0.39 is 10.0 Å². The van der Waals surface area contributed by atoms with Gasteiger partial charge in [-0.05, 0) is 37.0 Å². The summed E-state index contributed by atoms with van der Waals surface area (Å²) in [5, 5.41) is 3.02. The first kappa shape index (κ1) is 24.3. The molecule has 1 N–H and O–H groups in total. The number of carbonyl (C=O) groups is 2. The Labute approximate surface area is 180 Å². The molecule has 168 valence electrons. The molecule has 30 heavy (non-hydrogen) atoms. The van der Waals surface area contributed by atoms with Crippen molar-refractivity contribution in [2.45, 2.75) is 64.3 Å². The molecule has 0 spiro atoms. The van der Waals surface area contributed by atoms with Crippen LogP contribution in [0.3, 0.4) is 0 Å². The van der Waals surface area contributed by atoms with Crippen LogP contribution < -0.4 is 5.32 Å². The molecule has 2 amide bonds. The number of piperidine rings is 1. The zero-order valence-electron chi connectivity index (χ0n) is 18.6. The molecule has 1 unspecified atom stereocenters. The van der Waals surface area contributed by atoms with Gasteiger partial charge in [0.05, 0.1) is 4.90 Å². The van der Waals surface area contributed by atoms with Crippen LogP contribution >= 0.6 is 0 Å². The molecule has 0 saturated carbocycles. The first-order valence-electron chi connectivity index (χ1n) is 10.9. The molecule has 8 heteroatoms. The van der Waals surface area contributed by atoms with E-state index in [-0.39, 0.29) is 28.7 Å². The predicted molar refractivity (Wildman–Crippen MR) is 117 cm³/mol. The number of benzene rings is 1. The average molecular weight is 438 g/mol. The van der Waals surface area contributed by atoms with Gasteiger partial charge < -0.3 is 10.2 Å². The van der Waals surface area contributed by atoms with Crippen LogP contribution in [0.5, 0.6) is 0 Å². The highest BCUT2D eigenvalue weighted by Crippen LogP contribution is 2.18. The van der Waals surface area contributed by atoms with E-state index in [1.54, 1.807) is 24.3 Å². The van der Waals surface area contributed by atoms with Crippen LogP contribution in [-0.2, 0) is 26.0 Å². The monoisotopic (exact) mass is 437 g/mol. The number of nitrogens with one attached hydrogen (secondary N) is 1. The lowest BCUT2D eigenvalue weighted by atomic mass is 10.0. The van der Waals surface area contributed by atoms with Gasteiger partial charge in [-0.15, -0.1) is 0 Å². The fraction of sp³-hybridized carbons (Fsp3) is 0.636. The lowest BCUT2D eigenvalue weighted by Crippen LogP contribution is -2.50. The van der Waals surface area contributed by atoms with E-state index in [0.717, 1.165) is 18.4 Å². The van der Waals surface area contributed by atoms with Gasteiger partial charge >= 0.3 is 0 Å². The number of aryl methyl sites for hydroxylation is 1. The van der Waals surface area contributed by atoms with Gasteiger partial charge in [-0.2, -0.15) is 4.31 Å². The minimum Gasteiger partial charge on any atom is -0.351 e. The maximum absolute atomic E-state index is 12.6. The van der Waals surface area contributed by atoms with E-state index in [0.29, 0.717) is 39.0 Å². The molecule has 1 aromatic rings. The number of hydrogen-bond donors (Lipinski definition) is 1. The number of sulfonamides is 1. The smallest absolute Gasteiger partial charge is 0.243 e. The number of carbonyl (C=O) groups excluding carboxylic acids is 2. The van der Waals surface area contributed by atoms with Crippen LogP contribution in [0.15, 0.2) is 29.2 Å². The summed E-state index contributed by atoms with van der Waals surface area (Å²) < 4.78 is 26.6. The first-order valence-corrected chi connectivity index (χ1v) is 12.3. The Bertz CT molecular complexity index is 817. The third-order valence-corrected chi connectivity index (χ3v) is 7.60. The van der Waals surface area contributed by atoms with Gasteiger partial charge in [0.25, 0.3) is 0 Å². The highest BCUT2D eigenvalue weighted by molar-refractivity contribution is 7.89. The molecule has 1 saturated heterocycles. The van der Waals surface area contributed by atoms with Gasteiger partial charge in [0, 0.05) is 44.6 Å². The number of hydrogen-bond acceptors (Lipinski definition) is 4. The van der Waals surface area contributed by atoms with Gasteiger partial charge in [0.2, 0.25) is 21.8 Å². The van der Waals surface area contributed by atoms with Gasteiger partial charge in [-0.25, -0.2) is 8.42 Å². The van der Waals surface area contributed by atoms with Gasteiger partial charge in [-0.1, -0.05) is 39.8 Å². The van der Waals surface area contributed by atoms with E-state index in [4.69, 9.17) is 0 Å². The van der Waals surface area contributed by atoms with Crippen molar-refractivity contribution in [3.8, 4) is 0 Å². The van der Waals surface area contributed by atoms with Crippen molar-refractivity contribution in [1.29, 1.82) is 0 Å². The molecule has 1 aliphatic rings. The normalized spacial score (nSPS) is 17.4. The third-order valence-electron chi connectivity index (χ3n) is 5.54. The summed E-state index contributed by atoms with van der Waals surface area (Å²) in [7, 11) is -3.47. The summed E-state index contributed by atoms with van der Waals surface area (Å²) in [6.45, 7) is 9.50. The van der Waals surface area contributed by atoms with E-state index >= 15 is 0 Å². The van der Waals surface area contributed by atoms with Crippen LogP contribution in [0.2, 0.25) is 0 Å². The van der Waals surface area contributed by atoms with E-state index in [1.165, 1.54) is 4.31 Å². The third kappa shape index (κ3) is 6.28. The maximum Gasteiger partial charge on any atom is 0.243 e. The fourth-order valence-corrected chi connectivity index (χ4v) is 5.10. The van der Waals surface area contributed by atoms with Crippen LogP contribution in [0, 0.1) is 5.92 Å². The second kappa shape index (κ2) is 10.9. The Balaban J connectivity index is 1.91. The number of amides is 2. The molecular weight excluding hydrogens is 402 g/mol. The Morgan fingerprint density at radius 3 is 2.37 bits per heavy atom. The maximum atomic E-state index is 12.6. The molecule has 1 atom stereocenters. The summed E-state index contributed by atoms with van der Waals surface area (Å²) >= 11 is 0. The van der Waals surface area contributed by atoms with Crippen molar-refractivity contribution in [3.63, 3.8) is 0 Å². The summed E-state index contributed by atoms with van der Waals surface area (Å²) in [5.74, 6) is 0.0250. The van der Waals surface area contributed by atoms with Crippen LogP contribution in [0.25, 0.3) is 0 Å². The Hall–Kier alpha value is -1.93. The van der Waals surface area contributed by atoms with Crippen molar-refractivity contribution in [1.82, 2.24) is 14.5 Å². The minimum absolute atomic E-state index is 0.0159. The Morgan fingerprint density at radius 2 is 1.80 bits per heavy atom. The quantitative estimate of drug-likeness (QED) is 0.643. The highest BCUT2D eigenvalue weighted by atomic mass is 32.2. The fourth-order valence-electron chi connectivity index (χ4n) is 3.64. The largest absolute Gasteiger partial charge is 0.351 e. The van der Waals surface area contributed by atoms with Crippen LogP contribution in [0.1, 0.15) is 52.5 Å². The van der Waals surface area contributed by atoms with Crippen molar-refractivity contribution in [3.05, 3.63) is 29.8 Å². The summed E-state index contributed by atoms with van der Waals surface area (Å²) in [5.41, 5.74) is 0.934. The van der Waals surface area contributed by atoms with Crippen molar-refractivity contribution in [2.75, 3.05) is 26.2 Å². The Morgan fingerprint density at radius 1 is 1.17 bits per heavy atom. The van der Waals surface area contributed by atoms with Gasteiger partial charge in [0.15, 0.2) is 0 Å². The topological polar surface area (TPSA) is 86.8 Å². The first-order chi connectivity index (χ1) is 14.2. The zero-order chi connectivity index (χ0) is 22.3. The molecule has 1 fully saturated rings. The molecule has 0 aromatic heterocycles. The molecule has 0 bridgehead atoms. The van der Waals surface area contributed by atoms with Gasteiger partial charge in [-0.3, -0.25) is 9.59 Å². The molecule has 1 aliphatic heterocycles. The SMILES string of the molecule is CCN(CC)S(=O)(=O)c1ccc(CCC(=O)N2CCCC(NC(=O)C(C)C)C2)cc1. The summed E-state index contributed by atoms with van der Waals surface area (Å²) in [6, 6.07) is 6.82. The van der Waals surface area contributed by atoms with E-state index in [2.05, 4.69) is 5.32 Å². The Kier molecular flexibility index (Phi) is 8.85. The molecule has 0 aliphatic carbocycles. The lowest BCUT2D eigenvalue weighted by molar-refractivity contribution is -0.134. The molecule has 2 rings (SSSR count). The molecule has 1 aromatic carbocycles. The number of rotatable bonds is 9. The number of nitrogens with zero attached hydrogens (tertiary/aromatic N) is 2. The number of likely N-dealkylation sites (tertiary alicyclic amines) is 1. The summed E-state index contributed by atoms with van der Waals surface area (Å²) in [4.78, 5) is 26.7. The second-order valence-electron chi connectivity index (χ2n) is 8.08. The molecule has 7 nitrogen and oxygen atoms in total. The molecular formula is C22H35N3O4S. The van der Waals surface area contributed by atoms with Crippen LogP contribution in [-0.4, -0.2) is 61.7 Å². The summed E-state index contributed by atoms with van der Waals surface area (Å²) in [6.07, 6.45) is 2.70. The minimum atomic E-state index is -3.47. The van der Waals surface area contributed by atoms with Gasteiger partial charge in [0.1, 0.15) is 0 Å². The average Bonchev–Trinajstić information content (AvgIpc) is 2.73. The predicted octanol–water partition coefficient (Wildman–Crippen LogP) is 2.41.